The van der Waals surface area contributed by atoms with Crippen molar-refractivity contribution in [1.29, 1.82) is 0 Å². The van der Waals surface area contributed by atoms with Crippen LogP contribution in [0.3, 0.4) is 0 Å². The van der Waals surface area contributed by atoms with Gasteiger partial charge in [-0.3, -0.25) is 4.79 Å². The molecule has 0 aliphatic carbocycles. The standard InChI is InChI=1S/C13H20N2O4/c1-13(19,8-16)7-15-12(18)11(14)6-9-2-4-10(17)5-3-9/h2-5,11,16-17,19H,6-8,14H2,1H3,(H,15,18). The molecule has 0 saturated heterocycles. The average Bonchev–Trinajstić information content (AvgIpc) is 2.38. The monoisotopic (exact) mass is 268 g/mol. The summed E-state index contributed by atoms with van der Waals surface area (Å²) in [6.07, 6.45) is 0.327. The Kier molecular flexibility index (Phi) is 5.29. The predicted octanol–water partition coefficient (Wildman–Crippen LogP) is -0.878. The number of carbonyl (C=O) groups is 1. The molecule has 2 atom stereocenters. The molecule has 6 N–H and O–H groups in total. The zero-order valence-corrected chi connectivity index (χ0v) is 10.8. The first-order valence-electron chi connectivity index (χ1n) is 5.98. The average molecular weight is 268 g/mol. The fraction of sp³-hybridized carbons (Fsp3) is 0.462. The quantitative estimate of drug-likeness (QED) is 0.459. The third-order valence-corrected chi connectivity index (χ3v) is 2.71. The molecule has 1 rings (SSSR count). The molecular formula is C13H20N2O4. The van der Waals surface area contributed by atoms with Gasteiger partial charge in [-0.05, 0) is 31.0 Å². The van der Waals surface area contributed by atoms with Crippen molar-refractivity contribution in [2.75, 3.05) is 13.2 Å². The summed E-state index contributed by atoms with van der Waals surface area (Å²) in [5.74, 6) is -0.248. The Bertz CT molecular complexity index is 417. The highest BCUT2D eigenvalue weighted by atomic mass is 16.3. The molecule has 106 valence electrons. The molecular weight excluding hydrogens is 248 g/mol. The van der Waals surface area contributed by atoms with Gasteiger partial charge < -0.3 is 26.4 Å². The van der Waals surface area contributed by atoms with Crippen LogP contribution in [0.25, 0.3) is 0 Å². The van der Waals surface area contributed by atoms with Gasteiger partial charge in [0.1, 0.15) is 11.4 Å². The minimum atomic E-state index is -1.35. The molecule has 0 saturated carbocycles. The minimum absolute atomic E-state index is 0.0639. The molecule has 2 unspecified atom stereocenters. The van der Waals surface area contributed by atoms with E-state index in [-0.39, 0.29) is 12.3 Å². The highest BCUT2D eigenvalue weighted by Crippen LogP contribution is 2.11. The van der Waals surface area contributed by atoms with Gasteiger partial charge in [-0.1, -0.05) is 12.1 Å². The molecule has 0 radical (unpaired) electrons. The number of aliphatic hydroxyl groups excluding tert-OH is 1. The summed E-state index contributed by atoms with van der Waals surface area (Å²) in [4.78, 5) is 11.7. The molecule has 1 aromatic rings. The molecule has 0 aliphatic rings. The van der Waals surface area contributed by atoms with E-state index in [0.29, 0.717) is 6.42 Å². The second-order valence-corrected chi connectivity index (χ2v) is 4.85. The van der Waals surface area contributed by atoms with Crippen molar-refractivity contribution in [2.24, 2.45) is 5.73 Å². The number of aliphatic hydroxyl groups is 2. The molecule has 19 heavy (non-hydrogen) atoms. The summed E-state index contributed by atoms with van der Waals surface area (Å²) in [6.45, 7) is 0.908. The Morgan fingerprint density at radius 2 is 2.00 bits per heavy atom. The van der Waals surface area contributed by atoms with E-state index < -0.39 is 24.2 Å². The predicted molar refractivity (Wildman–Crippen MR) is 70.5 cm³/mol. The van der Waals surface area contributed by atoms with E-state index in [1.165, 1.54) is 19.1 Å². The van der Waals surface area contributed by atoms with Crippen LogP contribution >= 0.6 is 0 Å². The number of rotatable bonds is 6. The molecule has 6 heteroatoms. The molecule has 6 nitrogen and oxygen atoms in total. The summed E-state index contributed by atoms with van der Waals surface area (Å²) in [7, 11) is 0. The van der Waals surface area contributed by atoms with Gasteiger partial charge in [0.15, 0.2) is 0 Å². The molecule has 1 aromatic carbocycles. The van der Waals surface area contributed by atoms with E-state index in [1.807, 2.05) is 0 Å². The topological polar surface area (TPSA) is 116 Å². The van der Waals surface area contributed by atoms with Gasteiger partial charge in [0.2, 0.25) is 5.91 Å². The number of nitrogens with two attached hydrogens (primary N) is 1. The lowest BCUT2D eigenvalue weighted by molar-refractivity contribution is -0.123. The van der Waals surface area contributed by atoms with E-state index >= 15 is 0 Å². The molecule has 1 amide bonds. The van der Waals surface area contributed by atoms with Crippen LogP contribution in [0.4, 0.5) is 0 Å². The summed E-state index contributed by atoms with van der Waals surface area (Å²) in [5.41, 5.74) is 5.21. The van der Waals surface area contributed by atoms with E-state index in [2.05, 4.69) is 5.32 Å². The number of phenols is 1. The van der Waals surface area contributed by atoms with Crippen LogP contribution in [0.15, 0.2) is 24.3 Å². The fourth-order valence-electron chi connectivity index (χ4n) is 1.44. The number of nitrogens with one attached hydrogen (secondary N) is 1. The van der Waals surface area contributed by atoms with Crippen LogP contribution < -0.4 is 11.1 Å². The van der Waals surface area contributed by atoms with Crippen LogP contribution in [-0.4, -0.2) is 46.0 Å². The maximum absolute atomic E-state index is 11.7. The second-order valence-electron chi connectivity index (χ2n) is 4.85. The van der Waals surface area contributed by atoms with Crippen molar-refractivity contribution in [3.05, 3.63) is 29.8 Å². The van der Waals surface area contributed by atoms with Crippen molar-refractivity contribution in [3.8, 4) is 5.75 Å². The number of carbonyl (C=O) groups excluding carboxylic acids is 1. The van der Waals surface area contributed by atoms with Crippen LogP contribution in [-0.2, 0) is 11.2 Å². The number of phenolic OH excluding ortho intramolecular Hbond substituents is 1. The summed E-state index contributed by atoms with van der Waals surface area (Å²) < 4.78 is 0. The van der Waals surface area contributed by atoms with Gasteiger partial charge in [-0.15, -0.1) is 0 Å². The van der Waals surface area contributed by atoms with Crippen molar-refractivity contribution < 1.29 is 20.1 Å². The second kappa shape index (κ2) is 6.51. The summed E-state index contributed by atoms with van der Waals surface area (Å²) >= 11 is 0. The molecule has 0 aliphatic heterocycles. The van der Waals surface area contributed by atoms with E-state index in [4.69, 9.17) is 15.9 Å². The third kappa shape index (κ3) is 5.25. The first-order chi connectivity index (χ1) is 8.84. The molecule has 0 fully saturated rings. The normalized spacial score (nSPS) is 15.6. The zero-order valence-electron chi connectivity index (χ0n) is 10.8. The van der Waals surface area contributed by atoms with Crippen molar-refractivity contribution in [1.82, 2.24) is 5.32 Å². The lowest BCUT2D eigenvalue weighted by Crippen LogP contribution is -2.49. The first kappa shape index (κ1) is 15.4. The van der Waals surface area contributed by atoms with Crippen LogP contribution in [0.1, 0.15) is 12.5 Å². The number of hydrogen-bond donors (Lipinski definition) is 5. The van der Waals surface area contributed by atoms with Gasteiger partial charge in [0.25, 0.3) is 0 Å². The number of hydrogen-bond acceptors (Lipinski definition) is 5. The van der Waals surface area contributed by atoms with E-state index in [9.17, 15) is 9.90 Å². The number of benzene rings is 1. The Balaban J connectivity index is 2.47. The summed E-state index contributed by atoms with van der Waals surface area (Å²) in [6, 6.07) is 5.67. The highest BCUT2D eigenvalue weighted by molar-refractivity contribution is 5.81. The number of amides is 1. The Morgan fingerprint density at radius 3 is 2.53 bits per heavy atom. The molecule has 0 aromatic heterocycles. The van der Waals surface area contributed by atoms with Crippen molar-refractivity contribution in [3.63, 3.8) is 0 Å². The lowest BCUT2D eigenvalue weighted by atomic mass is 10.0. The van der Waals surface area contributed by atoms with Crippen LogP contribution in [0.2, 0.25) is 0 Å². The van der Waals surface area contributed by atoms with Gasteiger partial charge in [0.05, 0.1) is 12.6 Å². The molecule has 0 bridgehead atoms. The van der Waals surface area contributed by atoms with Crippen molar-refractivity contribution >= 4 is 5.91 Å². The first-order valence-corrected chi connectivity index (χ1v) is 5.98. The highest BCUT2D eigenvalue weighted by Gasteiger charge is 2.22. The van der Waals surface area contributed by atoms with Gasteiger partial charge >= 0.3 is 0 Å². The van der Waals surface area contributed by atoms with E-state index in [1.54, 1.807) is 12.1 Å². The Morgan fingerprint density at radius 1 is 1.42 bits per heavy atom. The van der Waals surface area contributed by atoms with E-state index in [0.717, 1.165) is 5.56 Å². The maximum atomic E-state index is 11.7. The van der Waals surface area contributed by atoms with Crippen LogP contribution in [0, 0.1) is 0 Å². The van der Waals surface area contributed by atoms with Gasteiger partial charge in [-0.25, -0.2) is 0 Å². The van der Waals surface area contributed by atoms with Crippen LogP contribution in [0.5, 0.6) is 5.75 Å². The Hall–Kier alpha value is -1.63. The Labute approximate surface area is 111 Å². The SMILES string of the molecule is CC(O)(CO)CNC(=O)C(N)Cc1ccc(O)cc1. The smallest absolute Gasteiger partial charge is 0.237 e. The molecule has 0 spiro atoms. The van der Waals surface area contributed by atoms with Crippen molar-refractivity contribution in [2.45, 2.75) is 25.0 Å². The fourth-order valence-corrected chi connectivity index (χ4v) is 1.44. The molecule has 0 heterocycles. The third-order valence-electron chi connectivity index (χ3n) is 2.71. The minimum Gasteiger partial charge on any atom is -0.508 e. The zero-order chi connectivity index (χ0) is 14.5. The maximum Gasteiger partial charge on any atom is 0.237 e. The lowest BCUT2D eigenvalue weighted by Gasteiger charge is -2.22. The summed E-state index contributed by atoms with van der Waals surface area (Å²) in [5, 5.41) is 30.0. The number of aromatic hydroxyl groups is 1. The van der Waals surface area contributed by atoms with Gasteiger partial charge in [0, 0.05) is 6.54 Å². The van der Waals surface area contributed by atoms with Gasteiger partial charge in [-0.2, -0.15) is 0 Å². The largest absolute Gasteiger partial charge is 0.508 e.